The first-order valence-electron chi connectivity index (χ1n) is 5.87. The summed E-state index contributed by atoms with van der Waals surface area (Å²) < 4.78 is 28.9. The average Bonchev–Trinajstić information content (AvgIpc) is 2.86. The van der Waals surface area contributed by atoms with Crippen molar-refractivity contribution in [3.05, 3.63) is 69.0 Å². The van der Waals surface area contributed by atoms with E-state index in [9.17, 15) is 13.9 Å². The smallest absolute Gasteiger partial charge is 0.164 e. The minimum absolute atomic E-state index is 0.0512. The third-order valence-electron chi connectivity index (χ3n) is 3.15. The minimum Gasteiger partial charge on any atom is -0.383 e. The van der Waals surface area contributed by atoms with Gasteiger partial charge < -0.3 is 5.11 Å². The molecular weight excluding hydrogens is 346 g/mol. The van der Waals surface area contributed by atoms with Crippen LogP contribution in [0.15, 0.2) is 46.3 Å². The molecule has 1 heterocycles. The van der Waals surface area contributed by atoms with Crippen LogP contribution in [-0.4, -0.2) is 5.11 Å². The minimum atomic E-state index is -1.19. The van der Waals surface area contributed by atoms with Gasteiger partial charge in [0.2, 0.25) is 0 Å². The van der Waals surface area contributed by atoms with Crippen molar-refractivity contribution in [3.8, 4) is 0 Å². The van der Waals surface area contributed by atoms with Gasteiger partial charge in [-0.25, -0.2) is 8.78 Å². The van der Waals surface area contributed by atoms with Crippen molar-refractivity contribution in [1.82, 2.24) is 0 Å². The number of fused-ring (bicyclic) bond motifs is 1. The highest BCUT2D eigenvalue weighted by Gasteiger charge is 2.20. The number of hydrogen-bond acceptors (Lipinski definition) is 2. The fourth-order valence-corrected chi connectivity index (χ4v) is 3.79. The Morgan fingerprint density at radius 1 is 1.05 bits per heavy atom. The molecule has 0 aliphatic carbocycles. The van der Waals surface area contributed by atoms with Crippen molar-refractivity contribution in [3.63, 3.8) is 0 Å². The number of rotatable bonds is 2. The first-order chi connectivity index (χ1) is 9.59. The Kier molecular flexibility index (Phi) is 3.58. The Morgan fingerprint density at radius 2 is 1.80 bits per heavy atom. The van der Waals surface area contributed by atoms with E-state index in [0.717, 1.165) is 20.6 Å². The van der Waals surface area contributed by atoms with Gasteiger partial charge in [0.1, 0.15) is 6.10 Å². The molecule has 0 saturated heterocycles. The highest BCUT2D eigenvalue weighted by Crippen LogP contribution is 2.37. The van der Waals surface area contributed by atoms with Gasteiger partial charge in [0.05, 0.1) is 0 Å². The standard InChI is InChI=1S/C15H9BrF2OS/c16-11-5-1-3-8-10(7-20-15(8)11)14(19)9-4-2-6-12(17)13(9)18/h1-7,14,19H. The van der Waals surface area contributed by atoms with Crippen molar-refractivity contribution < 1.29 is 13.9 Å². The molecule has 0 fully saturated rings. The van der Waals surface area contributed by atoms with Crippen LogP contribution >= 0.6 is 27.3 Å². The van der Waals surface area contributed by atoms with E-state index in [2.05, 4.69) is 15.9 Å². The molecule has 1 nitrogen and oxygen atoms in total. The monoisotopic (exact) mass is 354 g/mol. The van der Waals surface area contributed by atoms with Gasteiger partial charge in [-0.15, -0.1) is 11.3 Å². The van der Waals surface area contributed by atoms with Crippen LogP contribution in [-0.2, 0) is 0 Å². The third-order valence-corrected chi connectivity index (χ3v) is 5.12. The number of benzene rings is 2. The third kappa shape index (κ3) is 2.16. The van der Waals surface area contributed by atoms with Crippen LogP contribution in [0.2, 0.25) is 0 Å². The summed E-state index contributed by atoms with van der Waals surface area (Å²) in [6, 6.07) is 9.42. The van der Waals surface area contributed by atoms with Crippen LogP contribution in [0.3, 0.4) is 0 Å². The Hall–Kier alpha value is -1.30. The lowest BCUT2D eigenvalue weighted by atomic mass is 10.0. The predicted octanol–water partition coefficient (Wildman–Crippen LogP) is 5.02. The van der Waals surface area contributed by atoms with Crippen molar-refractivity contribution in [2.75, 3.05) is 0 Å². The molecule has 102 valence electrons. The summed E-state index contributed by atoms with van der Waals surface area (Å²) in [5.41, 5.74) is 0.528. The zero-order valence-electron chi connectivity index (χ0n) is 10.1. The summed E-state index contributed by atoms with van der Waals surface area (Å²) in [5, 5.41) is 13.0. The van der Waals surface area contributed by atoms with Crippen LogP contribution in [0, 0.1) is 11.6 Å². The maximum atomic E-state index is 13.8. The molecule has 20 heavy (non-hydrogen) atoms. The van der Waals surface area contributed by atoms with Gasteiger partial charge >= 0.3 is 0 Å². The fraction of sp³-hybridized carbons (Fsp3) is 0.0667. The second kappa shape index (κ2) is 5.24. The van der Waals surface area contributed by atoms with Crippen LogP contribution in [0.25, 0.3) is 10.1 Å². The molecule has 1 N–H and O–H groups in total. The molecule has 5 heteroatoms. The lowest BCUT2D eigenvalue weighted by Crippen LogP contribution is -2.03. The summed E-state index contributed by atoms with van der Waals surface area (Å²) in [7, 11) is 0. The van der Waals surface area contributed by atoms with Gasteiger partial charge in [0, 0.05) is 20.3 Å². The molecule has 1 aromatic heterocycles. The van der Waals surface area contributed by atoms with Gasteiger partial charge in [-0.1, -0.05) is 24.3 Å². The second-order valence-corrected chi connectivity index (χ2v) is 6.09. The van der Waals surface area contributed by atoms with Crippen molar-refractivity contribution in [2.24, 2.45) is 0 Å². The molecule has 0 aliphatic rings. The van der Waals surface area contributed by atoms with E-state index in [1.54, 1.807) is 5.38 Å². The van der Waals surface area contributed by atoms with E-state index in [1.165, 1.54) is 23.5 Å². The molecule has 1 atom stereocenters. The van der Waals surface area contributed by atoms with Crippen LogP contribution < -0.4 is 0 Å². The van der Waals surface area contributed by atoms with Crippen molar-refractivity contribution in [2.45, 2.75) is 6.10 Å². The quantitative estimate of drug-likeness (QED) is 0.684. The molecule has 0 amide bonds. The summed E-state index contributed by atoms with van der Waals surface area (Å²) in [6.45, 7) is 0. The van der Waals surface area contributed by atoms with Crippen LogP contribution in [0.5, 0.6) is 0 Å². The number of aliphatic hydroxyl groups is 1. The maximum absolute atomic E-state index is 13.8. The van der Waals surface area contributed by atoms with E-state index in [0.29, 0.717) is 5.56 Å². The number of halogens is 3. The first-order valence-corrected chi connectivity index (χ1v) is 7.54. The Balaban J connectivity index is 2.16. The summed E-state index contributed by atoms with van der Waals surface area (Å²) in [5.74, 6) is -1.96. The second-order valence-electron chi connectivity index (χ2n) is 4.35. The van der Waals surface area contributed by atoms with Gasteiger partial charge in [-0.3, -0.25) is 0 Å². The molecule has 1 unspecified atom stereocenters. The molecule has 3 aromatic rings. The largest absolute Gasteiger partial charge is 0.383 e. The van der Waals surface area contributed by atoms with Gasteiger partial charge in [-0.2, -0.15) is 0 Å². The number of hydrogen-bond donors (Lipinski definition) is 1. The number of aliphatic hydroxyl groups excluding tert-OH is 1. The normalized spacial score (nSPS) is 12.8. The highest BCUT2D eigenvalue weighted by molar-refractivity contribution is 9.10. The Morgan fingerprint density at radius 3 is 2.60 bits per heavy atom. The van der Waals surface area contributed by atoms with E-state index in [-0.39, 0.29) is 5.56 Å². The molecular formula is C15H9BrF2OS. The van der Waals surface area contributed by atoms with E-state index in [4.69, 9.17) is 0 Å². The zero-order chi connectivity index (χ0) is 14.3. The zero-order valence-corrected chi connectivity index (χ0v) is 12.5. The van der Waals surface area contributed by atoms with E-state index >= 15 is 0 Å². The van der Waals surface area contributed by atoms with Crippen molar-refractivity contribution in [1.29, 1.82) is 0 Å². The fourth-order valence-electron chi connectivity index (χ4n) is 2.15. The van der Waals surface area contributed by atoms with Crippen molar-refractivity contribution >= 4 is 37.4 Å². The Bertz CT molecular complexity index is 785. The molecule has 0 bridgehead atoms. The molecule has 0 saturated carbocycles. The predicted molar refractivity (Wildman–Crippen MR) is 79.9 cm³/mol. The van der Waals surface area contributed by atoms with E-state index in [1.807, 2.05) is 18.2 Å². The van der Waals surface area contributed by atoms with Crippen LogP contribution in [0.4, 0.5) is 8.78 Å². The van der Waals surface area contributed by atoms with Gasteiger partial charge in [-0.05, 0) is 38.8 Å². The first kappa shape index (κ1) is 13.7. The lowest BCUT2D eigenvalue weighted by molar-refractivity contribution is 0.215. The summed E-state index contributed by atoms with van der Waals surface area (Å²) in [4.78, 5) is 0. The van der Waals surface area contributed by atoms with Crippen LogP contribution in [0.1, 0.15) is 17.2 Å². The Labute approximate surface area is 126 Å². The SMILES string of the molecule is OC(c1cccc(F)c1F)c1csc2c(Br)cccc12. The molecule has 0 aliphatic heterocycles. The number of thiophene rings is 1. The summed E-state index contributed by atoms with van der Waals surface area (Å²) >= 11 is 4.89. The molecule has 3 rings (SSSR count). The van der Waals surface area contributed by atoms with E-state index < -0.39 is 17.7 Å². The molecule has 0 spiro atoms. The lowest BCUT2D eigenvalue weighted by Gasteiger charge is -2.12. The topological polar surface area (TPSA) is 20.2 Å². The highest BCUT2D eigenvalue weighted by atomic mass is 79.9. The van der Waals surface area contributed by atoms with Gasteiger partial charge in [0.15, 0.2) is 11.6 Å². The van der Waals surface area contributed by atoms with Gasteiger partial charge in [0.25, 0.3) is 0 Å². The average molecular weight is 355 g/mol. The maximum Gasteiger partial charge on any atom is 0.164 e. The molecule has 2 aromatic carbocycles. The molecule has 0 radical (unpaired) electrons. The summed E-state index contributed by atoms with van der Waals surface area (Å²) in [6.07, 6.45) is -1.19.